The topological polar surface area (TPSA) is 68.0 Å². The SMILES string of the molecule is CC(C1CC1)n1ncc2c(C(=O)O)cc(C3CC3)nc21. The number of pyridine rings is 1. The normalized spacial score (nSPS) is 20.2. The fraction of sp³-hybridized carbons (Fsp3) is 0.533. The van der Waals surface area contributed by atoms with Gasteiger partial charge in [-0.15, -0.1) is 0 Å². The Labute approximate surface area is 116 Å². The Bertz CT molecular complexity index is 698. The number of nitrogens with zero attached hydrogens (tertiary/aromatic N) is 3. The van der Waals surface area contributed by atoms with Crippen molar-refractivity contribution in [1.82, 2.24) is 14.8 Å². The van der Waals surface area contributed by atoms with Crippen LogP contribution in [0.25, 0.3) is 11.0 Å². The summed E-state index contributed by atoms with van der Waals surface area (Å²) in [5.41, 5.74) is 2.00. The van der Waals surface area contributed by atoms with Crippen LogP contribution in [0.3, 0.4) is 0 Å². The third kappa shape index (κ3) is 1.80. The number of hydrogen-bond acceptors (Lipinski definition) is 3. The van der Waals surface area contributed by atoms with E-state index in [0.29, 0.717) is 28.8 Å². The lowest BCUT2D eigenvalue weighted by atomic mass is 10.1. The molecule has 0 aliphatic heterocycles. The van der Waals surface area contributed by atoms with E-state index in [2.05, 4.69) is 12.0 Å². The summed E-state index contributed by atoms with van der Waals surface area (Å²) in [6.07, 6.45) is 6.35. The Morgan fingerprint density at radius 2 is 2.15 bits per heavy atom. The minimum atomic E-state index is -0.891. The highest BCUT2D eigenvalue weighted by atomic mass is 16.4. The van der Waals surface area contributed by atoms with E-state index < -0.39 is 5.97 Å². The number of carbonyl (C=O) groups is 1. The van der Waals surface area contributed by atoms with Gasteiger partial charge in [-0.05, 0) is 44.6 Å². The maximum Gasteiger partial charge on any atom is 0.336 e. The van der Waals surface area contributed by atoms with Crippen LogP contribution in [-0.4, -0.2) is 25.8 Å². The second kappa shape index (κ2) is 4.04. The van der Waals surface area contributed by atoms with E-state index in [-0.39, 0.29) is 0 Å². The second-order valence-electron chi connectivity index (χ2n) is 6.08. The second-order valence-corrected chi connectivity index (χ2v) is 6.08. The molecule has 2 aliphatic carbocycles. The van der Waals surface area contributed by atoms with Crippen molar-refractivity contribution in [2.75, 3.05) is 0 Å². The molecule has 0 bridgehead atoms. The van der Waals surface area contributed by atoms with Gasteiger partial charge in [0, 0.05) is 11.6 Å². The molecule has 1 N–H and O–H groups in total. The van der Waals surface area contributed by atoms with Crippen LogP contribution >= 0.6 is 0 Å². The van der Waals surface area contributed by atoms with Crippen molar-refractivity contribution in [2.24, 2.45) is 5.92 Å². The molecule has 20 heavy (non-hydrogen) atoms. The lowest BCUT2D eigenvalue weighted by Crippen LogP contribution is -2.10. The molecule has 2 aliphatic rings. The largest absolute Gasteiger partial charge is 0.478 e. The number of rotatable bonds is 4. The van der Waals surface area contributed by atoms with Crippen molar-refractivity contribution in [1.29, 1.82) is 0 Å². The van der Waals surface area contributed by atoms with Crippen LogP contribution in [0.1, 0.15) is 60.6 Å². The van der Waals surface area contributed by atoms with Crippen molar-refractivity contribution >= 4 is 17.0 Å². The van der Waals surface area contributed by atoms with Crippen LogP contribution in [0.5, 0.6) is 0 Å². The first-order valence-electron chi connectivity index (χ1n) is 7.26. The quantitative estimate of drug-likeness (QED) is 0.928. The number of aromatic carboxylic acids is 1. The summed E-state index contributed by atoms with van der Waals surface area (Å²) in [5.74, 6) is 0.216. The third-order valence-electron chi connectivity index (χ3n) is 4.50. The molecule has 2 heterocycles. The first-order chi connectivity index (χ1) is 9.65. The van der Waals surface area contributed by atoms with Crippen molar-refractivity contribution in [3.8, 4) is 0 Å². The Balaban J connectivity index is 1.91. The Morgan fingerprint density at radius 3 is 2.75 bits per heavy atom. The Hall–Kier alpha value is -1.91. The molecule has 2 saturated carbocycles. The first kappa shape index (κ1) is 11.9. The summed E-state index contributed by atoms with van der Waals surface area (Å²) >= 11 is 0. The fourth-order valence-corrected chi connectivity index (χ4v) is 2.88. The molecule has 4 rings (SSSR count). The standard InChI is InChI=1S/C15H17N3O2/c1-8(9-2-3-9)18-14-12(7-16-18)11(15(19)20)6-13(17-14)10-4-5-10/h6-10H,2-5H2,1H3,(H,19,20). The first-order valence-corrected chi connectivity index (χ1v) is 7.26. The molecule has 0 radical (unpaired) electrons. The van der Waals surface area contributed by atoms with Crippen LogP contribution in [-0.2, 0) is 0 Å². The van der Waals surface area contributed by atoms with E-state index in [1.165, 1.54) is 12.8 Å². The lowest BCUT2D eigenvalue weighted by molar-refractivity contribution is 0.0699. The molecular formula is C15H17N3O2. The maximum atomic E-state index is 11.5. The molecule has 0 aromatic carbocycles. The van der Waals surface area contributed by atoms with Gasteiger partial charge in [-0.2, -0.15) is 5.10 Å². The van der Waals surface area contributed by atoms with Gasteiger partial charge in [-0.25, -0.2) is 14.5 Å². The van der Waals surface area contributed by atoms with Gasteiger partial charge in [0.1, 0.15) is 0 Å². The van der Waals surface area contributed by atoms with E-state index in [0.717, 1.165) is 24.2 Å². The average Bonchev–Trinajstić information content (AvgIpc) is 3.32. The average molecular weight is 271 g/mol. The highest BCUT2D eigenvalue weighted by molar-refractivity contribution is 6.01. The van der Waals surface area contributed by atoms with Gasteiger partial charge in [-0.3, -0.25) is 0 Å². The molecule has 104 valence electrons. The number of carboxylic acid groups (broad SMARTS) is 1. The highest BCUT2D eigenvalue weighted by Crippen LogP contribution is 2.42. The van der Waals surface area contributed by atoms with Crippen molar-refractivity contribution in [3.05, 3.63) is 23.5 Å². The van der Waals surface area contributed by atoms with Gasteiger partial charge in [0.25, 0.3) is 0 Å². The summed E-state index contributed by atoms with van der Waals surface area (Å²) in [4.78, 5) is 16.2. The zero-order valence-electron chi connectivity index (χ0n) is 11.4. The van der Waals surface area contributed by atoms with E-state index >= 15 is 0 Å². The number of hydrogen-bond donors (Lipinski definition) is 1. The minimum absolute atomic E-state index is 0.302. The Kier molecular flexibility index (Phi) is 2.40. The molecule has 2 aromatic rings. The minimum Gasteiger partial charge on any atom is -0.478 e. The van der Waals surface area contributed by atoms with Gasteiger partial charge >= 0.3 is 5.97 Å². The van der Waals surface area contributed by atoms with Gasteiger partial charge in [0.15, 0.2) is 5.65 Å². The zero-order chi connectivity index (χ0) is 13.9. The fourth-order valence-electron chi connectivity index (χ4n) is 2.88. The smallest absolute Gasteiger partial charge is 0.336 e. The molecule has 1 unspecified atom stereocenters. The summed E-state index contributed by atoms with van der Waals surface area (Å²) < 4.78 is 1.92. The van der Waals surface area contributed by atoms with E-state index in [1.807, 2.05) is 4.68 Å². The maximum absolute atomic E-state index is 11.5. The number of aromatic nitrogens is 3. The van der Waals surface area contributed by atoms with Crippen molar-refractivity contribution in [2.45, 2.75) is 44.6 Å². The predicted octanol–water partition coefficient (Wildman–Crippen LogP) is 2.98. The van der Waals surface area contributed by atoms with E-state index in [4.69, 9.17) is 4.98 Å². The molecule has 5 heteroatoms. The van der Waals surface area contributed by atoms with Gasteiger partial charge in [0.05, 0.1) is 23.2 Å². The molecular weight excluding hydrogens is 254 g/mol. The van der Waals surface area contributed by atoms with Crippen molar-refractivity contribution in [3.63, 3.8) is 0 Å². The summed E-state index contributed by atoms with van der Waals surface area (Å²) in [6, 6.07) is 2.03. The van der Waals surface area contributed by atoms with E-state index in [9.17, 15) is 9.90 Å². The molecule has 0 amide bonds. The van der Waals surface area contributed by atoms with Gasteiger partial charge in [0.2, 0.25) is 0 Å². The summed E-state index contributed by atoms with van der Waals surface area (Å²) in [6.45, 7) is 2.15. The lowest BCUT2D eigenvalue weighted by Gasteiger charge is -2.12. The van der Waals surface area contributed by atoms with Gasteiger partial charge in [-0.1, -0.05) is 0 Å². The molecule has 1 atom stereocenters. The van der Waals surface area contributed by atoms with Gasteiger partial charge < -0.3 is 5.11 Å². The zero-order valence-corrected chi connectivity index (χ0v) is 11.4. The number of fused-ring (bicyclic) bond motifs is 1. The Morgan fingerprint density at radius 1 is 1.40 bits per heavy atom. The van der Waals surface area contributed by atoms with Crippen LogP contribution in [0.15, 0.2) is 12.3 Å². The van der Waals surface area contributed by atoms with Crippen LogP contribution in [0.4, 0.5) is 0 Å². The molecule has 2 aromatic heterocycles. The summed E-state index contributed by atoms with van der Waals surface area (Å²) in [7, 11) is 0. The number of carboxylic acids is 1. The predicted molar refractivity (Wildman–Crippen MR) is 73.9 cm³/mol. The van der Waals surface area contributed by atoms with Crippen LogP contribution in [0.2, 0.25) is 0 Å². The highest BCUT2D eigenvalue weighted by Gasteiger charge is 2.32. The monoisotopic (exact) mass is 271 g/mol. The molecule has 0 spiro atoms. The van der Waals surface area contributed by atoms with Crippen LogP contribution < -0.4 is 0 Å². The van der Waals surface area contributed by atoms with Crippen LogP contribution in [0, 0.1) is 5.92 Å². The third-order valence-corrected chi connectivity index (χ3v) is 4.50. The molecule has 5 nitrogen and oxygen atoms in total. The molecule has 2 fully saturated rings. The molecule has 0 saturated heterocycles. The van der Waals surface area contributed by atoms with Crippen molar-refractivity contribution < 1.29 is 9.90 Å². The summed E-state index contributed by atoms with van der Waals surface area (Å²) in [5, 5.41) is 14.5. The van der Waals surface area contributed by atoms with E-state index in [1.54, 1.807) is 12.3 Å².